The van der Waals surface area contributed by atoms with E-state index < -0.39 is 5.91 Å². The average molecular weight is 363 g/mol. The Morgan fingerprint density at radius 3 is 2.65 bits per heavy atom. The van der Waals surface area contributed by atoms with E-state index in [4.69, 9.17) is 11.0 Å². The maximum absolute atomic E-state index is 11.5. The van der Waals surface area contributed by atoms with Crippen molar-refractivity contribution in [2.75, 3.05) is 0 Å². The van der Waals surface area contributed by atoms with E-state index in [1.165, 1.54) is 11.8 Å². The molecule has 26 heavy (non-hydrogen) atoms. The summed E-state index contributed by atoms with van der Waals surface area (Å²) >= 11 is 1.47. The van der Waals surface area contributed by atoms with Crippen LogP contribution in [-0.4, -0.2) is 20.7 Å². The quantitative estimate of drug-likeness (QED) is 0.679. The topological polar surface area (TPSA) is 97.6 Å². The number of primary amides is 1. The smallest absolute Gasteiger partial charge is 0.237 e. The normalized spacial score (nSPS) is 10.5. The maximum Gasteiger partial charge on any atom is 0.237 e. The molecule has 3 rings (SSSR count). The Labute approximate surface area is 155 Å². The predicted octanol–water partition coefficient (Wildman–Crippen LogP) is 2.90. The van der Waals surface area contributed by atoms with Crippen LogP contribution in [0.3, 0.4) is 0 Å². The number of aromatic nitrogens is 3. The molecule has 130 valence electrons. The number of benzene rings is 2. The fourth-order valence-electron chi connectivity index (χ4n) is 2.51. The molecule has 0 fully saturated rings. The molecule has 0 unspecified atom stereocenters. The lowest BCUT2D eigenvalue weighted by molar-refractivity contribution is -0.118. The highest BCUT2D eigenvalue weighted by molar-refractivity contribution is 7.98. The SMILES string of the molecule is Cc1cccc(-c2nnc(SCc3ccc(C#N)cc3)n2CC(N)=O)c1. The van der Waals surface area contributed by atoms with E-state index in [9.17, 15) is 4.79 Å². The Hall–Kier alpha value is -3.11. The minimum absolute atomic E-state index is 0.0198. The largest absolute Gasteiger partial charge is 0.368 e. The predicted molar refractivity (Wildman–Crippen MR) is 100 cm³/mol. The van der Waals surface area contributed by atoms with Crippen molar-refractivity contribution < 1.29 is 4.79 Å². The summed E-state index contributed by atoms with van der Waals surface area (Å²) in [5.74, 6) is 0.824. The summed E-state index contributed by atoms with van der Waals surface area (Å²) in [6.07, 6.45) is 0. The minimum atomic E-state index is -0.445. The Balaban J connectivity index is 1.86. The molecule has 0 atom stereocenters. The first-order chi connectivity index (χ1) is 12.6. The van der Waals surface area contributed by atoms with Gasteiger partial charge in [0.2, 0.25) is 5.91 Å². The molecule has 0 bridgehead atoms. The molecule has 3 aromatic rings. The van der Waals surface area contributed by atoms with Crippen LogP contribution in [0.15, 0.2) is 53.7 Å². The van der Waals surface area contributed by atoms with Gasteiger partial charge < -0.3 is 5.73 Å². The number of aryl methyl sites for hydroxylation is 1. The van der Waals surface area contributed by atoms with Gasteiger partial charge in [-0.15, -0.1) is 10.2 Å². The molecule has 0 saturated carbocycles. The molecule has 0 radical (unpaired) electrons. The third-order valence-electron chi connectivity index (χ3n) is 3.76. The fraction of sp³-hybridized carbons (Fsp3) is 0.158. The highest BCUT2D eigenvalue weighted by Gasteiger charge is 2.16. The summed E-state index contributed by atoms with van der Waals surface area (Å²) in [6.45, 7) is 2.02. The fourth-order valence-corrected chi connectivity index (χ4v) is 3.41. The van der Waals surface area contributed by atoms with Crippen molar-refractivity contribution in [3.05, 3.63) is 65.2 Å². The Morgan fingerprint density at radius 2 is 2.00 bits per heavy atom. The van der Waals surface area contributed by atoms with Gasteiger partial charge in [0.1, 0.15) is 6.54 Å². The van der Waals surface area contributed by atoms with Crippen LogP contribution in [-0.2, 0) is 17.1 Å². The second-order valence-electron chi connectivity index (χ2n) is 5.83. The van der Waals surface area contributed by atoms with E-state index in [0.29, 0.717) is 22.3 Å². The second kappa shape index (κ2) is 7.85. The molecule has 7 heteroatoms. The second-order valence-corrected chi connectivity index (χ2v) is 6.77. The van der Waals surface area contributed by atoms with Crippen LogP contribution in [0.2, 0.25) is 0 Å². The van der Waals surface area contributed by atoms with E-state index in [2.05, 4.69) is 16.3 Å². The van der Waals surface area contributed by atoms with Crippen LogP contribution in [0.5, 0.6) is 0 Å². The molecule has 2 aromatic carbocycles. The van der Waals surface area contributed by atoms with Crippen LogP contribution in [0.25, 0.3) is 11.4 Å². The number of nitrogens with two attached hydrogens (primary N) is 1. The molecule has 1 heterocycles. The lowest BCUT2D eigenvalue weighted by Crippen LogP contribution is -2.20. The molecule has 0 spiro atoms. The van der Waals surface area contributed by atoms with Crippen molar-refractivity contribution in [1.82, 2.24) is 14.8 Å². The Morgan fingerprint density at radius 1 is 1.23 bits per heavy atom. The number of nitrogens with zero attached hydrogens (tertiary/aromatic N) is 4. The van der Waals surface area contributed by atoms with E-state index in [0.717, 1.165) is 16.7 Å². The van der Waals surface area contributed by atoms with Gasteiger partial charge in [-0.3, -0.25) is 9.36 Å². The van der Waals surface area contributed by atoms with Gasteiger partial charge in [0, 0.05) is 11.3 Å². The van der Waals surface area contributed by atoms with Gasteiger partial charge in [-0.1, -0.05) is 47.7 Å². The minimum Gasteiger partial charge on any atom is -0.368 e. The van der Waals surface area contributed by atoms with Crippen molar-refractivity contribution in [1.29, 1.82) is 5.26 Å². The van der Waals surface area contributed by atoms with Crippen molar-refractivity contribution in [3.63, 3.8) is 0 Å². The first kappa shape index (κ1) is 17.7. The monoisotopic (exact) mass is 363 g/mol. The lowest BCUT2D eigenvalue weighted by Gasteiger charge is -2.08. The number of carbonyl (C=O) groups is 1. The molecule has 0 saturated heterocycles. The molecule has 0 aliphatic heterocycles. The van der Waals surface area contributed by atoms with Gasteiger partial charge in [-0.05, 0) is 30.7 Å². The molecule has 1 amide bonds. The van der Waals surface area contributed by atoms with Gasteiger partial charge in [-0.25, -0.2) is 0 Å². The average Bonchev–Trinajstić information content (AvgIpc) is 3.02. The third-order valence-corrected chi connectivity index (χ3v) is 4.80. The van der Waals surface area contributed by atoms with Crippen LogP contribution >= 0.6 is 11.8 Å². The summed E-state index contributed by atoms with van der Waals surface area (Å²) in [5, 5.41) is 18.0. The molecule has 0 aliphatic rings. The number of thioether (sulfide) groups is 1. The Bertz CT molecular complexity index is 972. The molecule has 6 nitrogen and oxygen atoms in total. The van der Waals surface area contributed by atoms with E-state index in [1.54, 1.807) is 16.7 Å². The van der Waals surface area contributed by atoms with Crippen LogP contribution in [0.1, 0.15) is 16.7 Å². The van der Waals surface area contributed by atoms with E-state index >= 15 is 0 Å². The van der Waals surface area contributed by atoms with E-state index in [-0.39, 0.29) is 6.54 Å². The first-order valence-electron chi connectivity index (χ1n) is 7.97. The highest BCUT2D eigenvalue weighted by Crippen LogP contribution is 2.26. The van der Waals surface area contributed by atoms with E-state index in [1.807, 2.05) is 43.3 Å². The summed E-state index contributed by atoms with van der Waals surface area (Å²) in [4.78, 5) is 11.5. The first-order valence-corrected chi connectivity index (χ1v) is 8.96. The highest BCUT2D eigenvalue weighted by atomic mass is 32.2. The van der Waals surface area contributed by atoms with Crippen molar-refractivity contribution in [2.24, 2.45) is 5.73 Å². The summed E-state index contributed by atoms with van der Waals surface area (Å²) in [5.41, 5.74) is 9.08. The zero-order valence-corrected chi connectivity index (χ0v) is 15.0. The van der Waals surface area contributed by atoms with Gasteiger partial charge in [0.25, 0.3) is 0 Å². The zero-order valence-electron chi connectivity index (χ0n) is 14.2. The number of hydrogen-bond acceptors (Lipinski definition) is 5. The van der Waals surface area contributed by atoms with Crippen LogP contribution in [0.4, 0.5) is 0 Å². The molecule has 0 aliphatic carbocycles. The number of nitriles is 1. The zero-order chi connectivity index (χ0) is 18.5. The van der Waals surface area contributed by atoms with Gasteiger partial charge >= 0.3 is 0 Å². The summed E-state index contributed by atoms with van der Waals surface area (Å²) in [6, 6.07) is 17.3. The van der Waals surface area contributed by atoms with Crippen molar-refractivity contribution in [2.45, 2.75) is 24.4 Å². The molecule has 1 aromatic heterocycles. The van der Waals surface area contributed by atoms with Gasteiger partial charge in [0.15, 0.2) is 11.0 Å². The number of rotatable bonds is 6. The summed E-state index contributed by atoms with van der Waals surface area (Å²) in [7, 11) is 0. The maximum atomic E-state index is 11.5. The van der Waals surface area contributed by atoms with Crippen LogP contribution in [0, 0.1) is 18.3 Å². The van der Waals surface area contributed by atoms with Gasteiger partial charge in [-0.2, -0.15) is 5.26 Å². The standard InChI is InChI=1S/C19H17N5OS/c1-13-3-2-4-16(9-13)18-22-23-19(24(18)11-17(21)25)26-12-15-7-5-14(10-20)6-8-15/h2-9H,11-12H2,1H3,(H2,21,25). The van der Waals surface area contributed by atoms with Gasteiger partial charge in [0.05, 0.1) is 11.6 Å². The molecular formula is C19H17N5OS. The third kappa shape index (κ3) is 4.10. The number of hydrogen-bond donors (Lipinski definition) is 1. The van der Waals surface area contributed by atoms with Crippen molar-refractivity contribution in [3.8, 4) is 17.5 Å². The number of carbonyl (C=O) groups excluding carboxylic acids is 1. The van der Waals surface area contributed by atoms with Crippen LogP contribution < -0.4 is 5.73 Å². The van der Waals surface area contributed by atoms with Crippen molar-refractivity contribution >= 4 is 17.7 Å². The molecular weight excluding hydrogens is 346 g/mol. The Kier molecular flexibility index (Phi) is 5.34. The summed E-state index contributed by atoms with van der Waals surface area (Å²) < 4.78 is 1.74. The number of amides is 1. The lowest BCUT2D eigenvalue weighted by atomic mass is 10.1. The molecule has 2 N–H and O–H groups in total.